The van der Waals surface area contributed by atoms with Crippen LogP contribution < -0.4 is 5.73 Å². The molecule has 0 fully saturated rings. The zero-order valence-corrected chi connectivity index (χ0v) is 9.70. The summed E-state index contributed by atoms with van der Waals surface area (Å²) in [5.41, 5.74) is 5.32. The molecule has 0 aromatic heterocycles. The van der Waals surface area contributed by atoms with Crippen LogP contribution in [0.4, 0.5) is 10.1 Å². The van der Waals surface area contributed by atoms with Crippen LogP contribution in [0.5, 0.6) is 0 Å². The molecule has 0 aliphatic carbocycles. The van der Waals surface area contributed by atoms with E-state index in [2.05, 4.69) is 0 Å². The van der Waals surface area contributed by atoms with Crippen molar-refractivity contribution >= 4 is 27.1 Å². The molecule has 15 heavy (non-hydrogen) atoms. The van der Waals surface area contributed by atoms with Crippen molar-refractivity contribution in [2.75, 3.05) is 11.5 Å². The van der Waals surface area contributed by atoms with E-state index in [-0.39, 0.29) is 21.4 Å². The lowest BCUT2D eigenvalue weighted by Crippen LogP contribution is -2.09. The minimum absolute atomic E-state index is 0.0286. The maximum absolute atomic E-state index is 12.9. The second-order valence-electron chi connectivity index (χ2n) is 3.12. The highest BCUT2D eigenvalue weighted by Crippen LogP contribution is 2.26. The first kappa shape index (κ1) is 12.3. The van der Waals surface area contributed by atoms with E-state index >= 15 is 0 Å². The van der Waals surface area contributed by atoms with Gasteiger partial charge in [0.15, 0.2) is 9.84 Å². The highest BCUT2D eigenvalue weighted by atomic mass is 35.5. The fraction of sp³-hybridized carbons (Fsp3) is 0.333. The fourth-order valence-corrected chi connectivity index (χ4v) is 2.89. The Bertz CT molecular complexity index is 473. The van der Waals surface area contributed by atoms with E-state index < -0.39 is 15.7 Å². The summed E-state index contributed by atoms with van der Waals surface area (Å²) in [7, 11) is -3.46. The molecule has 0 bridgehead atoms. The van der Waals surface area contributed by atoms with Gasteiger partial charge in [0.2, 0.25) is 0 Å². The van der Waals surface area contributed by atoms with E-state index in [1.807, 2.05) is 0 Å². The quantitative estimate of drug-likeness (QED) is 0.662. The highest BCUT2D eigenvalue weighted by Gasteiger charge is 2.18. The van der Waals surface area contributed by atoms with Gasteiger partial charge in [0.1, 0.15) is 5.82 Å². The number of nitrogens with two attached hydrogens (primary N) is 1. The monoisotopic (exact) mass is 251 g/mol. The Morgan fingerprint density at radius 3 is 2.60 bits per heavy atom. The summed E-state index contributed by atoms with van der Waals surface area (Å²) in [5.74, 6) is -0.747. The molecule has 1 rings (SSSR count). The maximum Gasteiger partial charge on any atom is 0.180 e. The summed E-state index contributed by atoms with van der Waals surface area (Å²) in [6.07, 6.45) is 0.469. The number of hydrogen-bond acceptors (Lipinski definition) is 3. The van der Waals surface area contributed by atoms with Gasteiger partial charge in [0, 0.05) is 0 Å². The summed E-state index contributed by atoms with van der Waals surface area (Å²) in [4.78, 5) is -0.101. The molecule has 2 N–H and O–H groups in total. The largest absolute Gasteiger partial charge is 0.398 e. The van der Waals surface area contributed by atoms with Crippen molar-refractivity contribution in [2.24, 2.45) is 0 Å². The zero-order chi connectivity index (χ0) is 11.6. The molecule has 0 heterocycles. The Kier molecular flexibility index (Phi) is 3.57. The van der Waals surface area contributed by atoms with Gasteiger partial charge in [-0.1, -0.05) is 18.5 Å². The Balaban J connectivity index is 3.33. The fourth-order valence-electron chi connectivity index (χ4n) is 1.19. The van der Waals surface area contributed by atoms with Crippen molar-refractivity contribution < 1.29 is 12.8 Å². The molecule has 6 heteroatoms. The van der Waals surface area contributed by atoms with E-state index in [0.29, 0.717) is 6.42 Å². The van der Waals surface area contributed by atoms with Crippen LogP contribution in [-0.2, 0) is 9.84 Å². The molecule has 0 unspecified atom stereocenters. The highest BCUT2D eigenvalue weighted by molar-refractivity contribution is 7.91. The summed E-state index contributed by atoms with van der Waals surface area (Å²) in [6, 6.07) is 1.97. The normalized spacial score (nSPS) is 11.7. The molecule has 0 aliphatic heterocycles. The predicted octanol–water partition coefficient (Wildman–Crippen LogP) is 2.25. The third-order valence-corrected chi connectivity index (χ3v) is 4.12. The minimum Gasteiger partial charge on any atom is -0.398 e. The predicted molar refractivity (Wildman–Crippen MR) is 58.2 cm³/mol. The van der Waals surface area contributed by atoms with Gasteiger partial charge in [0.05, 0.1) is 21.4 Å². The number of nitrogen functional groups attached to an aromatic ring is 1. The first-order valence-corrected chi connectivity index (χ1v) is 6.38. The second kappa shape index (κ2) is 4.37. The minimum atomic E-state index is -3.46. The number of rotatable bonds is 3. The van der Waals surface area contributed by atoms with Gasteiger partial charge >= 0.3 is 0 Å². The average molecular weight is 252 g/mol. The maximum atomic E-state index is 12.9. The molecule has 0 radical (unpaired) electrons. The van der Waals surface area contributed by atoms with Crippen molar-refractivity contribution in [1.29, 1.82) is 0 Å². The van der Waals surface area contributed by atoms with Crippen LogP contribution in [0.3, 0.4) is 0 Å². The van der Waals surface area contributed by atoms with Gasteiger partial charge in [0.25, 0.3) is 0 Å². The van der Waals surface area contributed by atoms with Crippen LogP contribution >= 0.6 is 11.6 Å². The smallest absolute Gasteiger partial charge is 0.180 e. The van der Waals surface area contributed by atoms with Crippen LogP contribution in [0.25, 0.3) is 0 Å². The molecule has 84 valence electrons. The molecule has 0 saturated carbocycles. The van der Waals surface area contributed by atoms with Crippen molar-refractivity contribution in [1.82, 2.24) is 0 Å². The number of benzene rings is 1. The number of anilines is 1. The first-order valence-electron chi connectivity index (χ1n) is 4.35. The van der Waals surface area contributed by atoms with Crippen LogP contribution in [-0.4, -0.2) is 14.2 Å². The van der Waals surface area contributed by atoms with Crippen LogP contribution in [0.2, 0.25) is 5.02 Å². The molecular formula is C9H11ClFNO2S. The Labute approximate surface area is 93.0 Å². The van der Waals surface area contributed by atoms with E-state index in [1.54, 1.807) is 6.92 Å². The molecule has 0 saturated heterocycles. The van der Waals surface area contributed by atoms with Gasteiger partial charge in [-0.3, -0.25) is 0 Å². The molecule has 1 aromatic rings. The topological polar surface area (TPSA) is 60.2 Å². The van der Waals surface area contributed by atoms with Crippen molar-refractivity contribution in [2.45, 2.75) is 18.2 Å². The summed E-state index contributed by atoms with van der Waals surface area (Å²) >= 11 is 5.50. The lowest BCUT2D eigenvalue weighted by Gasteiger charge is -2.07. The van der Waals surface area contributed by atoms with Crippen LogP contribution in [0.1, 0.15) is 13.3 Å². The summed E-state index contributed by atoms with van der Waals surface area (Å²) in [5, 5.41) is -0.237. The van der Waals surface area contributed by atoms with E-state index in [1.165, 1.54) is 0 Å². The van der Waals surface area contributed by atoms with Crippen LogP contribution in [0.15, 0.2) is 17.0 Å². The van der Waals surface area contributed by atoms with Gasteiger partial charge in [-0.05, 0) is 18.6 Å². The van der Waals surface area contributed by atoms with E-state index in [0.717, 1.165) is 12.1 Å². The van der Waals surface area contributed by atoms with Gasteiger partial charge < -0.3 is 5.73 Å². The van der Waals surface area contributed by atoms with Crippen molar-refractivity contribution in [3.63, 3.8) is 0 Å². The van der Waals surface area contributed by atoms with Crippen LogP contribution in [0, 0.1) is 5.82 Å². The standard InChI is InChI=1S/C9H11ClFNO2S/c1-2-3-15(13,14)9-4-6(10)7(11)5-8(9)12/h4-5H,2-3,12H2,1H3. The van der Waals surface area contributed by atoms with Crippen molar-refractivity contribution in [3.8, 4) is 0 Å². The van der Waals surface area contributed by atoms with E-state index in [4.69, 9.17) is 17.3 Å². The lowest BCUT2D eigenvalue weighted by molar-refractivity contribution is 0.594. The second-order valence-corrected chi connectivity index (χ2v) is 5.61. The lowest BCUT2D eigenvalue weighted by atomic mass is 10.3. The molecule has 0 aliphatic rings. The molecule has 0 amide bonds. The Hall–Kier alpha value is -0.810. The number of hydrogen-bond donors (Lipinski definition) is 1. The molecule has 0 spiro atoms. The molecule has 3 nitrogen and oxygen atoms in total. The van der Waals surface area contributed by atoms with Gasteiger partial charge in [-0.15, -0.1) is 0 Å². The number of sulfone groups is 1. The van der Waals surface area contributed by atoms with Gasteiger partial charge in [-0.25, -0.2) is 12.8 Å². The SMILES string of the molecule is CCCS(=O)(=O)c1cc(Cl)c(F)cc1N. The number of halogens is 2. The Morgan fingerprint density at radius 1 is 1.47 bits per heavy atom. The first-order chi connectivity index (χ1) is 6.88. The third-order valence-electron chi connectivity index (χ3n) is 1.86. The summed E-state index contributed by atoms with van der Waals surface area (Å²) in [6.45, 7) is 1.73. The average Bonchev–Trinajstić information content (AvgIpc) is 2.11. The summed E-state index contributed by atoms with van der Waals surface area (Å²) < 4.78 is 36.2. The molecular weight excluding hydrogens is 241 g/mol. The molecule has 0 atom stereocenters. The van der Waals surface area contributed by atoms with Gasteiger partial charge in [-0.2, -0.15) is 0 Å². The van der Waals surface area contributed by atoms with E-state index in [9.17, 15) is 12.8 Å². The zero-order valence-electron chi connectivity index (χ0n) is 8.13. The third kappa shape index (κ3) is 2.60. The van der Waals surface area contributed by atoms with Crippen molar-refractivity contribution in [3.05, 3.63) is 23.0 Å². The molecule has 1 aromatic carbocycles. The Morgan fingerprint density at radius 2 is 2.07 bits per heavy atom.